The Hall–Kier alpha value is -2.37. The molecule has 0 spiro atoms. The number of piperidine rings is 1. The first-order valence-corrected chi connectivity index (χ1v) is 12.4. The molecule has 2 fully saturated rings. The van der Waals surface area contributed by atoms with Crippen molar-refractivity contribution in [2.75, 3.05) is 33.9 Å². The minimum Gasteiger partial charge on any atom is -0.493 e. The van der Waals surface area contributed by atoms with Gasteiger partial charge in [0, 0.05) is 45.4 Å². The summed E-state index contributed by atoms with van der Waals surface area (Å²) >= 11 is 0. The molecule has 1 amide bonds. The van der Waals surface area contributed by atoms with Crippen molar-refractivity contribution >= 4 is 5.91 Å². The Morgan fingerprint density at radius 1 is 1.00 bits per heavy atom. The van der Waals surface area contributed by atoms with E-state index >= 15 is 0 Å². The minimum absolute atomic E-state index is 0.0859. The molecule has 3 aliphatic rings. The lowest BCUT2D eigenvalue weighted by Crippen LogP contribution is -2.37. The van der Waals surface area contributed by atoms with E-state index < -0.39 is 0 Å². The van der Waals surface area contributed by atoms with Crippen molar-refractivity contribution in [3.63, 3.8) is 0 Å². The number of rotatable bonds is 8. The summed E-state index contributed by atoms with van der Waals surface area (Å²) in [5.41, 5.74) is 4.88. The molecule has 2 aromatic rings. The molecule has 0 N–H and O–H groups in total. The van der Waals surface area contributed by atoms with Gasteiger partial charge < -0.3 is 14.4 Å². The molecular formula is C28H36N2O3. The first kappa shape index (κ1) is 22.4. The summed E-state index contributed by atoms with van der Waals surface area (Å²) in [6.45, 7) is 3.99. The highest BCUT2D eigenvalue weighted by Crippen LogP contribution is 2.30. The number of amides is 1. The van der Waals surface area contributed by atoms with E-state index in [0.29, 0.717) is 6.10 Å². The molecule has 1 atom stereocenters. The number of hydrogen-bond acceptors (Lipinski definition) is 4. The van der Waals surface area contributed by atoms with Crippen LogP contribution in [0.25, 0.3) is 0 Å². The first-order valence-electron chi connectivity index (χ1n) is 12.4. The quantitative estimate of drug-likeness (QED) is 0.603. The smallest absolute Gasteiger partial charge is 0.253 e. The Bertz CT molecular complexity index is 962. The zero-order valence-electron chi connectivity index (χ0n) is 20.0. The van der Waals surface area contributed by atoms with Crippen LogP contribution >= 0.6 is 0 Å². The van der Waals surface area contributed by atoms with Gasteiger partial charge in [0.25, 0.3) is 5.91 Å². The first-order chi connectivity index (χ1) is 16.1. The van der Waals surface area contributed by atoms with E-state index in [1.54, 1.807) is 0 Å². The third-order valence-electron chi connectivity index (χ3n) is 7.61. The number of ether oxygens (including phenoxy) is 2. The van der Waals surface area contributed by atoms with Crippen LogP contribution in [0.3, 0.4) is 0 Å². The molecular weight excluding hydrogens is 412 g/mol. The van der Waals surface area contributed by atoms with E-state index in [4.69, 9.17) is 9.47 Å². The predicted molar refractivity (Wildman–Crippen MR) is 130 cm³/mol. The number of likely N-dealkylation sites (tertiary alicyclic amines) is 1. The molecule has 1 heterocycles. The topological polar surface area (TPSA) is 42.0 Å². The maximum absolute atomic E-state index is 13.1. The Morgan fingerprint density at radius 2 is 1.73 bits per heavy atom. The second-order valence-corrected chi connectivity index (χ2v) is 10.1. The van der Waals surface area contributed by atoms with Crippen molar-refractivity contribution in [1.82, 2.24) is 9.80 Å². The highest BCUT2D eigenvalue weighted by molar-refractivity contribution is 5.94. The zero-order valence-corrected chi connectivity index (χ0v) is 20.0. The van der Waals surface area contributed by atoms with Crippen molar-refractivity contribution < 1.29 is 14.3 Å². The SMILES string of the molecule is COC1CCN(Cc2ccc3c(c2)C[C@H](N(C)C(=O)c2ccc(OCC4CC4)cc2)C3)CC1. The van der Waals surface area contributed by atoms with Crippen LogP contribution in [0, 0.1) is 5.92 Å². The molecule has 1 saturated carbocycles. The van der Waals surface area contributed by atoms with E-state index in [0.717, 1.165) is 69.2 Å². The molecule has 5 heteroatoms. The highest BCUT2D eigenvalue weighted by Gasteiger charge is 2.29. The van der Waals surface area contributed by atoms with Gasteiger partial charge in [-0.05, 0) is 85.4 Å². The lowest BCUT2D eigenvalue weighted by atomic mass is 10.0. The summed E-state index contributed by atoms with van der Waals surface area (Å²) in [4.78, 5) is 17.6. The molecule has 1 aliphatic heterocycles. The summed E-state index contributed by atoms with van der Waals surface area (Å²) in [5, 5.41) is 0. The van der Waals surface area contributed by atoms with Crippen LogP contribution in [0.2, 0.25) is 0 Å². The summed E-state index contributed by atoms with van der Waals surface area (Å²) < 4.78 is 11.3. The third-order valence-corrected chi connectivity index (χ3v) is 7.61. The van der Waals surface area contributed by atoms with Gasteiger partial charge in [-0.3, -0.25) is 9.69 Å². The van der Waals surface area contributed by atoms with Gasteiger partial charge in [-0.2, -0.15) is 0 Å². The molecule has 1 saturated heterocycles. The Morgan fingerprint density at radius 3 is 2.42 bits per heavy atom. The molecule has 0 unspecified atom stereocenters. The predicted octanol–water partition coefficient (Wildman–Crippen LogP) is 4.33. The van der Waals surface area contributed by atoms with Crippen LogP contribution in [0.5, 0.6) is 5.75 Å². The highest BCUT2D eigenvalue weighted by atomic mass is 16.5. The van der Waals surface area contributed by atoms with Crippen LogP contribution < -0.4 is 4.74 Å². The molecule has 2 aromatic carbocycles. The second kappa shape index (κ2) is 9.86. The van der Waals surface area contributed by atoms with Crippen LogP contribution in [0.1, 0.15) is 52.7 Å². The summed E-state index contributed by atoms with van der Waals surface area (Å²) in [6, 6.07) is 14.8. The monoisotopic (exact) mass is 448 g/mol. The van der Waals surface area contributed by atoms with Crippen LogP contribution in [-0.4, -0.2) is 61.7 Å². The van der Waals surface area contributed by atoms with Crippen molar-refractivity contribution in [2.24, 2.45) is 5.92 Å². The van der Waals surface area contributed by atoms with Gasteiger partial charge in [-0.1, -0.05) is 18.2 Å². The Labute approximate surface area is 197 Å². The van der Waals surface area contributed by atoms with E-state index in [1.165, 1.54) is 29.5 Å². The van der Waals surface area contributed by atoms with Crippen molar-refractivity contribution in [2.45, 2.75) is 57.2 Å². The molecule has 176 valence electrons. The molecule has 5 rings (SSSR count). The maximum atomic E-state index is 13.1. The number of carbonyl (C=O) groups is 1. The van der Waals surface area contributed by atoms with Gasteiger partial charge in [-0.25, -0.2) is 0 Å². The number of carbonyl (C=O) groups excluding carboxylic acids is 1. The Kier molecular flexibility index (Phi) is 6.70. The molecule has 0 bridgehead atoms. The average molecular weight is 449 g/mol. The number of benzene rings is 2. The standard InChI is InChI=1S/C28H36N2O3/c1-29(28(31)22-7-9-27(10-8-22)33-19-20-3-4-20)25-16-23-6-5-21(15-24(23)17-25)18-30-13-11-26(32-2)12-14-30/h5-10,15,20,25-26H,3-4,11-14,16-19H2,1-2H3/t25-/m1/s1. The third kappa shape index (κ3) is 5.42. The average Bonchev–Trinajstić information content (AvgIpc) is 3.59. The van der Waals surface area contributed by atoms with E-state index in [9.17, 15) is 4.79 Å². The number of hydrogen-bond donors (Lipinski definition) is 0. The van der Waals surface area contributed by atoms with Crippen LogP contribution in [0.15, 0.2) is 42.5 Å². The van der Waals surface area contributed by atoms with Crippen LogP contribution in [-0.2, 0) is 24.1 Å². The number of nitrogens with zero attached hydrogens (tertiary/aromatic N) is 2. The number of likely N-dealkylation sites (N-methyl/N-ethyl adjacent to an activating group) is 1. The van der Waals surface area contributed by atoms with Gasteiger partial charge >= 0.3 is 0 Å². The van der Waals surface area contributed by atoms with Gasteiger partial charge in [-0.15, -0.1) is 0 Å². The van der Waals surface area contributed by atoms with Gasteiger partial charge in [0.1, 0.15) is 5.75 Å². The fourth-order valence-electron chi connectivity index (χ4n) is 5.14. The summed E-state index contributed by atoms with van der Waals surface area (Å²) in [5.74, 6) is 1.67. The van der Waals surface area contributed by atoms with E-state index in [-0.39, 0.29) is 11.9 Å². The fourth-order valence-corrected chi connectivity index (χ4v) is 5.14. The molecule has 33 heavy (non-hydrogen) atoms. The summed E-state index contributed by atoms with van der Waals surface area (Å²) in [7, 11) is 3.76. The van der Waals surface area contributed by atoms with Crippen molar-refractivity contribution in [1.29, 1.82) is 0 Å². The summed E-state index contributed by atoms with van der Waals surface area (Å²) in [6.07, 6.45) is 7.06. The zero-order chi connectivity index (χ0) is 22.8. The van der Waals surface area contributed by atoms with Crippen molar-refractivity contribution in [3.05, 3.63) is 64.7 Å². The fraction of sp³-hybridized carbons (Fsp3) is 0.536. The largest absolute Gasteiger partial charge is 0.493 e. The molecule has 5 nitrogen and oxygen atoms in total. The lowest BCUT2D eigenvalue weighted by molar-refractivity contribution is 0.0388. The molecule has 0 radical (unpaired) electrons. The normalized spacial score (nSPS) is 21.1. The minimum atomic E-state index is 0.0859. The van der Waals surface area contributed by atoms with E-state index in [2.05, 4.69) is 23.1 Å². The van der Waals surface area contributed by atoms with E-state index in [1.807, 2.05) is 43.3 Å². The Balaban J connectivity index is 1.16. The molecule has 0 aromatic heterocycles. The number of methoxy groups -OCH3 is 1. The second-order valence-electron chi connectivity index (χ2n) is 10.1. The van der Waals surface area contributed by atoms with Crippen molar-refractivity contribution in [3.8, 4) is 5.75 Å². The van der Waals surface area contributed by atoms with Gasteiger partial charge in [0.15, 0.2) is 0 Å². The lowest BCUT2D eigenvalue weighted by Gasteiger charge is -2.31. The number of fused-ring (bicyclic) bond motifs is 1. The van der Waals surface area contributed by atoms with Crippen LogP contribution in [0.4, 0.5) is 0 Å². The molecule has 2 aliphatic carbocycles. The van der Waals surface area contributed by atoms with Gasteiger partial charge in [0.05, 0.1) is 12.7 Å². The maximum Gasteiger partial charge on any atom is 0.253 e. The van der Waals surface area contributed by atoms with Gasteiger partial charge in [0.2, 0.25) is 0 Å².